The largest absolute Gasteiger partial charge is 0.497 e. The third kappa shape index (κ3) is 6.55. The van der Waals surface area contributed by atoms with Crippen LogP contribution in [-0.2, 0) is 4.74 Å². The highest BCUT2D eigenvalue weighted by Gasteiger charge is 2.22. The van der Waals surface area contributed by atoms with Crippen LogP contribution in [0, 0.1) is 5.92 Å². The molecule has 0 amide bonds. The van der Waals surface area contributed by atoms with Crippen molar-refractivity contribution in [3.63, 3.8) is 0 Å². The van der Waals surface area contributed by atoms with Gasteiger partial charge in [-0.05, 0) is 30.0 Å². The first-order valence-corrected chi connectivity index (χ1v) is 9.09. The van der Waals surface area contributed by atoms with E-state index in [-0.39, 0.29) is 6.04 Å². The molecule has 1 fully saturated rings. The van der Waals surface area contributed by atoms with E-state index in [1.165, 1.54) is 5.56 Å². The van der Waals surface area contributed by atoms with Crippen molar-refractivity contribution in [2.24, 2.45) is 16.6 Å². The number of nitrogens with two attached hydrogens (primary N) is 1. The second-order valence-corrected chi connectivity index (χ2v) is 6.77. The Bertz CT molecular complexity index is 525. The lowest BCUT2D eigenvalue weighted by atomic mass is 10.0. The Kier molecular flexibility index (Phi) is 8.01. The molecule has 0 saturated carbocycles. The Morgan fingerprint density at radius 2 is 1.96 bits per heavy atom. The summed E-state index contributed by atoms with van der Waals surface area (Å²) < 4.78 is 10.8. The fourth-order valence-electron chi connectivity index (χ4n) is 2.88. The molecular weight excluding hydrogens is 316 g/mol. The average molecular weight is 348 g/mol. The number of methoxy groups -OCH3 is 1. The molecule has 6 heteroatoms. The van der Waals surface area contributed by atoms with E-state index in [4.69, 9.17) is 15.2 Å². The number of ether oxygens (including phenoxy) is 2. The van der Waals surface area contributed by atoms with Crippen LogP contribution in [0.4, 0.5) is 0 Å². The van der Waals surface area contributed by atoms with Gasteiger partial charge in [-0.15, -0.1) is 0 Å². The Hall–Kier alpha value is -1.79. The van der Waals surface area contributed by atoms with Gasteiger partial charge in [0.05, 0.1) is 32.9 Å². The number of nitrogens with zero attached hydrogens (tertiary/aromatic N) is 2. The maximum absolute atomic E-state index is 6.04. The SMILES string of the molecule is COc1ccc(C(CN=C(N)NCCC(C)C)N2CCOCC2)cc1. The fourth-order valence-corrected chi connectivity index (χ4v) is 2.88. The summed E-state index contributed by atoms with van der Waals surface area (Å²) in [5.74, 6) is 2.04. The van der Waals surface area contributed by atoms with E-state index in [9.17, 15) is 0 Å². The lowest BCUT2D eigenvalue weighted by molar-refractivity contribution is 0.0180. The Morgan fingerprint density at radius 1 is 1.28 bits per heavy atom. The van der Waals surface area contributed by atoms with Crippen LogP contribution in [0.15, 0.2) is 29.3 Å². The van der Waals surface area contributed by atoms with E-state index in [0.717, 1.165) is 45.0 Å². The molecule has 25 heavy (non-hydrogen) atoms. The van der Waals surface area contributed by atoms with Gasteiger partial charge in [0.1, 0.15) is 5.75 Å². The molecule has 1 aromatic carbocycles. The lowest BCUT2D eigenvalue weighted by Gasteiger charge is -2.34. The molecule has 1 aliphatic heterocycles. The summed E-state index contributed by atoms with van der Waals surface area (Å²) >= 11 is 0. The van der Waals surface area contributed by atoms with Crippen LogP contribution in [0.1, 0.15) is 31.9 Å². The van der Waals surface area contributed by atoms with Crippen LogP contribution in [0.2, 0.25) is 0 Å². The Morgan fingerprint density at radius 3 is 2.56 bits per heavy atom. The summed E-state index contributed by atoms with van der Waals surface area (Å²) in [5.41, 5.74) is 7.26. The van der Waals surface area contributed by atoms with Crippen LogP contribution < -0.4 is 15.8 Å². The second-order valence-electron chi connectivity index (χ2n) is 6.77. The molecule has 0 bridgehead atoms. The van der Waals surface area contributed by atoms with Gasteiger partial charge in [0.2, 0.25) is 0 Å². The van der Waals surface area contributed by atoms with Gasteiger partial charge in [-0.1, -0.05) is 26.0 Å². The van der Waals surface area contributed by atoms with Crippen molar-refractivity contribution in [3.05, 3.63) is 29.8 Å². The van der Waals surface area contributed by atoms with E-state index in [2.05, 4.69) is 41.2 Å². The van der Waals surface area contributed by atoms with Gasteiger partial charge in [0, 0.05) is 19.6 Å². The normalized spacial score (nSPS) is 17.5. The third-order valence-electron chi connectivity index (χ3n) is 4.45. The minimum atomic E-state index is 0.195. The molecule has 1 aromatic rings. The van der Waals surface area contributed by atoms with Gasteiger partial charge in [-0.25, -0.2) is 0 Å². The standard InChI is InChI=1S/C19H32N4O2/c1-15(2)8-9-21-19(20)22-14-18(23-10-12-25-13-11-23)16-4-6-17(24-3)7-5-16/h4-7,15,18H,8-14H2,1-3H3,(H3,20,21,22). The number of benzene rings is 1. The van der Waals surface area contributed by atoms with Crippen molar-refractivity contribution in [1.29, 1.82) is 0 Å². The first-order valence-electron chi connectivity index (χ1n) is 9.09. The zero-order valence-corrected chi connectivity index (χ0v) is 15.7. The first-order chi connectivity index (χ1) is 12.1. The smallest absolute Gasteiger partial charge is 0.188 e. The van der Waals surface area contributed by atoms with E-state index in [1.54, 1.807) is 7.11 Å². The minimum absolute atomic E-state index is 0.195. The van der Waals surface area contributed by atoms with Crippen LogP contribution in [-0.4, -0.2) is 57.4 Å². The maximum Gasteiger partial charge on any atom is 0.188 e. The molecule has 1 atom stereocenters. The molecule has 1 saturated heterocycles. The van der Waals surface area contributed by atoms with Crippen LogP contribution >= 0.6 is 0 Å². The summed E-state index contributed by atoms with van der Waals surface area (Å²) in [6, 6.07) is 8.40. The average Bonchev–Trinajstić information content (AvgIpc) is 2.63. The molecule has 1 heterocycles. The van der Waals surface area contributed by atoms with Crippen molar-refractivity contribution >= 4 is 5.96 Å². The molecular formula is C19H32N4O2. The second kappa shape index (κ2) is 10.3. The van der Waals surface area contributed by atoms with Gasteiger partial charge >= 0.3 is 0 Å². The van der Waals surface area contributed by atoms with Crippen molar-refractivity contribution in [2.45, 2.75) is 26.3 Å². The highest BCUT2D eigenvalue weighted by atomic mass is 16.5. The third-order valence-corrected chi connectivity index (χ3v) is 4.45. The quantitative estimate of drug-likeness (QED) is 0.555. The van der Waals surface area contributed by atoms with Crippen molar-refractivity contribution in [2.75, 3.05) is 46.5 Å². The first kappa shape index (κ1) is 19.5. The van der Waals surface area contributed by atoms with Crippen LogP contribution in [0.25, 0.3) is 0 Å². The van der Waals surface area contributed by atoms with E-state index >= 15 is 0 Å². The molecule has 0 radical (unpaired) electrons. The summed E-state index contributed by atoms with van der Waals surface area (Å²) in [6.45, 7) is 9.24. The lowest BCUT2D eigenvalue weighted by Crippen LogP contribution is -2.41. The monoisotopic (exact) mass is 348 g/mol. The molecule has 1 aliphatic rings. The zero-order chi connectivity index (χ0) is 18.1. The summed E-state index contributed by atoms with van der Waals surface area (Å²) in [4.78, 5) is 7.00. The van der Waals surface area contributed by atoms with Gasteiger partial charge in [0.25, 0.3) is 0 Å². The van der Waals surface area contributed by atoms with E-state index in [0.29, 0.717) is 18.4 Å². The molecule has 6 nitrogen and oxygen atoms in total. The fraction of sp³-hybridized carbons (Fsp3) is 0.632. The van der Waals surface area contributed by atoms with E-state index in [1.807, 2.05) is 12.1 Å². The number of aliphatic imine (C=N–C) groups is 1. The molecule has 2 rings (SSSR count). The van der Waals surface area contributed by atoms with Crippen LogP contribution in [0.3, 0.4) is 0 Å². The topological polar surface area (TPSA) is 72.1 Å². The molecule has 3 N–H and O–H groups in total. The molecule has 0 aromatic heterocycles. The van der Waals surface area contributed by atoms with Crippen molar-refractivity contribution in [3.8, 4) is 5.75 Å². The van der Waals surface area contributed by atoms with Gasteiger partial charge in [-0.2, -0.15) is 0 Å². The van der Waals surface area contributed by atoms with Gasteiger partial charge < -0.3 is 20.5 Å². The maximum atomic E-state index is 6.04. The molecule has 1 unspecified atom stereocenters. The zero-order valence-electron chi connectivity index (χ0n) is 15.7. The molecule has 0 aliphatic carbocycles. The number of guanidine groups is 1. The minimum Gasteiger partial charge on any atom is -0.497 e. The summed E-state index contributed by atoms with van der Waals surface area (Å²) in [6.07, 6.45) is 1.08. The predicted molar refractivity (Wildman–Crippen MR) is 102 cm³/mol. The van der Waals surface area contributed by atoms with Crippen molar-refractivity contribution < 1.29 is 9.47 Å². The van der Waals surface area contributed by atoms with E-state index < -0.39 is 0 Å². The summed E-state index contributed by atoms with van der Waals surface area (Å²) in [5, 5.41) is 3.21. The number of hydrogen-bond acceptors (Lipinski definition) is 4. The molecule has 140 valence electrons. The highest BCUT2D eigenvalue weighted by Crippen LogP contribution is 2.24. The summed E-state index contributed by atoms with van der Waals surface area (Å²) in [7, 11) is 1.68. The van der Waals surface area contributed by atoms with Gasteiger partial charge in [-0.3, -0.25) is 9.89 Å². The Balaban J connectivity index is 2.03. The predicted octanol–water partition coefficient (Wildman–Crippen LogP) is 2.02. The Labute approximate surface area is 151 Å². The number of hydrogen-bond donors (Lipinski definition) is 2. The van der Waals surface area contributed by atoms with Crippen molar-refractivity contribution in [1.82, 2.24) is 10.2 Å². The number of morpholine rings is 1. The highest BCUT2D eigenvalue weighted by molar-refractivity contribution is 5.77. The van der Waals surface area contributed by atoms with Gasteiger partial charge in [0.15, 0.2) is 5.96 Å². The molecule has 0 spiro atoms. The number of rotatable bonds is 8. The van der Waals surface area contributed by atoms with Crippen LogP contribution in [0.5, 0.6) is 5.75 Å². The number of nitrogens with one attached hydrogen (secondary N) is 1.